The molecule has 2 aromatic carbocycles. The fourth-order valence-corrected chi connectivity index (χ4v) is 2.72. The van der Waals surface area contributed by atoms with Crippen molar-refractivity contribution in [3.8, 4) is 0 Å². The number of carbonyl (C=O) groups is 1. The van der Waals surface area contributed by atoms with Crippen molar-refractivity contribution in [2.75, 3.05) is 7.11 Å². The Labute approximate surface area is 130 Å². The molecule has 2 nitrogen and oxygen atoms in total. The van der Waals surface area contributed by atoms with Crippen molar-refractivity contribution in [2.24, 2.45) is 0 Å². The van der Waals surface area contributed by atoms with Gasteiger partial charge in [-0.15, -0.1) is 0 Å². The van der Waals surface area contributed by atoms with E-state index in [4.69, 9.17) is 16.3 Å². The first-order valence-electron chi connectivity index (χ1n) is 6.90. The number of ether oxygens (including phenoxy) is 1. The topological polar surface area (TPSA) is 26.3 Å². The van der Waals surface area contributed by atoms with Crippen LogP contribution in [0.4, 0.5) is 0 Å². The van der Waals surface area contributed by atoms with Crippen molar-refractivity contribution in [3.63, 3.8) is 0 Å². The molecule has 0 heterocycles. The molecule has 0 N–H and O–H groups in total. The van der Waals surface area contributed by atoms with Crippen molar-refractivity contribution >= 4 is 17.6 Å². The molecule has 0 spiro atoms. The maximum atomic E-state index is 12.1. The summed E-state index contributed by atoms with van der Waals surface area (Å²) < 4.78 is 4.96. The lowest BCUT2D eigenvalue weighted by Crippen LogP contribution is -2.17. The number of benzene rings is 2. The summed E-state index contributed by atoms with van der Waals surface area (Å²) in [5.74, 6) is -0.537. The molecule has 0 aliphatic heterocycles. The Kier molecular flexibility index (Phi) is 5.03. The Morgan fingerprint density at radius 2 is 1.67 bits per heavy atom. The lowest BCUT2D eigenvalue weighted by molar-refractivity contribution is -0.142. The van der Waals surface area contributed by atoms with E-state index in [0.717, 1.165) is 11.1 Å². The van der Waals surface area contributed by atoms with Gasteiger partial charge in [-0.25, -0.2) is 0 Å². The molecule has 0 amide bonds. The average Bonchev–Trinajstić information content (AvgIpc) is 2.44. The van der Waals surface area contributed by atoms with Crippen LogP contribution in [0.25, 0.3) is 0 Å². The monoisotopic (exact) mass is 302 g/mol. The van der Waals surface area contributed by atoms with Crippen molar-refractivity contribution in [1.29, 1.82) is 0 Å². The molecule has 0 aliphatic carbocycles. The van der Waals surface area contributed by atoms with Gasteiger partial charge in [0.05, 0.1) is 13.0 Å². The average molecular weight is 303 g/mol. The second-order valence-corrected chi connectivity index (χ2v) is 5.76. The highest BCUT2D eigenvalue weighted by atomic mass is 35.5. The highest BCUT2D eigenvalue weighted by molar-refractivity contribution is 6.30. The Bertz CT molecular complexity index is 612. The SMILES string of the molecule is COC(=O)C(Cc1cc(C)cc(C)c1)c1ccc(Cl)cc1. The van der Waals surface area contributed by atoms with Crippen LogP contribution in [-0.4, -0.2) is 13.1 Å². The molecule has 1 unspecified atom stereocenters. The largest absolute Gasteiger partial charge is 0.469 e. The summed E-state index contributed by atoms with van der Waals surface area (Å²) in [5, 5.41) is 0.661. The lowest BCUT2D eigenvalue weighted by atomic mass is 9.91. The second kappa shape index (κ2) is 6.77. The molecule has 110 valence electrons. The molecule has 21 heavy (non-hydrogen) atoms. The lowest BCUT2D eigenvalue weighted by Gasteiger charge is -2.16. The summed E-state index contributed by atoms with van der Waals surface area (Å²) in [6.45, 7) is 4.12. The number of methoxy groups -OCH3 is 1. The van der Waals surface area contributed by atoms with Crippen LogP contribution in [0.3, 0.4) is 0 Å². The van der Waals surface area contributed by atoms with Gasteiger partial charge in [0.25, 0.3) is 0 Å². The minimum atomic E-state index is -0.312. The third-order valence-electron chi connectivity index (χ3n) is 3.48. The van der Waals surface area contributed by atoms with E-state index in [9.17, 15) is 4.79 Å². The van der Waals surface area contributed by atoms with Crippen molar-refractivity contribution in [1.82, 2.24) is 0 Å². The van der Waals surface area contributed by atoms with Gasteiger partial charge in [-0.3, -0.25) is 4.79 Å². The highest BCUT2D eigenvalue weighted by Crippen LogP contribution is 2.25. The highest BCUT2D eigenvalue weighted by Gasteiger charge is 2.22. The summed E-state index contributed by atoms with van der Waals surface area (Å²) in [6.07, 6.45) is 0.622. The smallest absolute Gasteiger partial charge is 0.313 e. The van der Waals surface area contributed by atoms with Gasteiger partial charge >= 0.3 is 5.97 Å². The number of aryl methyl sites for hydroxylation is 2. The molecular formula is C18H19ClO2. The van der Waals surface area contributed by atoms with Gasteiger partial charge in [0.15, 0.2) is 0 Å². The van der Waals surface area contributed by atoms with Crippen LogP contribution in [0, 0.1) is 13.8 Å². The molecule has 2 aromatic rings. The van der Waals surface area contributed by atoms with Crippen LogP contribution < -0.4 is 0 Å². The number of halogens is 1. The van der Waals surface area contributed by atoms with E-state index in [0.29, 0.717) is 11.4 Å². The van der Waals surface area contributed by atoms with Gasteiger partial charge in [0.2, 0.25) is 0 Å². The van der Waals surface area contributed by atoms with Gasteiger partial charge in [-0.1, -0.05) is 53.1 Å². The number of hydrogen-bond donors (Lipinski definition) is 0. The Morgan fingerprint density at radius 1 is 1.10 bits per heavy atom. The normalized spacial score (nSPS) is 12.0. The second-order valence-electron chi connectivity index (χ2n) is 5.33. The molecule has 3 heteroatoms. The molecule has 0 saturated heterocycles. The molecule has 1 atom stereocenters. The Balaban J connectivity index is 2.32. The van der Waals surface area contributed by atoms with Gasteiger partial charge in [0.1, 0.15) is 0 Å². The molecule has 2 rings (SSSR count). The first kappa shape index (κ1) is 15.6. The number of rotatable bonds is 4. The molecule has 0 fully saturated rings. The predicted octanol–water partition coefficient (Wildman–Crippen LogP) is 4.46. The van der Waals surface area contributed by atoms with Gasteiger partial charge < -0.3 is 4.74 Å². The van der Waals surface area contributed by atoms with Gasteiger partial charge in [-0.2, -0.15) is 0 Å². The van der Waals surface area contributed by atoms with E-state index >= 15 is 0 Å². The van der Waals surface area contributed by atoms with Crippen LogP contribution in [0.1, 0.15) is 28.2 Å². The maximum Gasteiger partial charge on any atom is 0.313 e. The van der Waals surface area contributed by atoms with Crippen LogP contribution in [0.2, 0.25) is 5.02 Å². The van der Waals surface area contributed by atoms with Crippen molar-refractivity contribution < 1.29 is 9.53 Å². The van der Waals surface area contributed by atoms with E-state index in [1.165, 1.54) is 18.2 Å². The fourth-order valence-electron chi connectivity index (χ4n) is 2.60. The predicted molar refractivity (Wildman–Crippen MR) is 85.8 cm³/mol. The summed E-state index contributed by atoms with van der Waals surface area (Å²) in [4.78, 5) is 12.1. The van der Waals surface area contributed by atoms with Crippen LogP contribution in [0.15, 0.2) is 42.5 Å². The van der Waals surface area contributed by atoms with E-state index < -0.39 is 0 Å². The first-order valence-corrected chi connectivity index (χ1v) is 7.28. The minimum absolute atomic E-state index is 0.225. The minimum Gasteiger partial charge on any atom is -0.469 e. The third kappa shape index (κ3) is 4.08. The van der Waals surface area contributed by atoms with Crippen LogP contribution in [0.5, 0.6) is 0 Å². The number of carbonyl (C=O) groups excluding carboxylic acids is 1. The molecule has 0 saturated carbocycles. The van der Waals surface area contributed by atoms with E-state index in [1.807, 2.05) is 12.1 Å². The zero-order chi connectivity index (χ0) is 15.4. The molecule has 0 aromatic heterocycles. The third-order valence-corrected chi connectivity index (χ3v) is 3.73. The Hall–Kier alpha value is -1.80. The fraction of sp³-hybridized carbons (Fsp3) is 0.278. The molecular weight excluding hydrogens is 284 g/mol. The zero-order valence-corrected chi connectivity index (χ0v) is 13.3. The molecule has 0 radical (unpaired) electrons. The van der Waals surface area contributed by atoms with E-state index in [1.54, 1.807) is 12.1 Å². The summed E-state index contributed by atoms with van der Waals surface area (Å²) in [6, 6.07) is 13.7. The quantitative estimate of drug-likeness (QED) is 0.780. The summed E-state index contributed by atoms with van der Waals surface area (Å²) in [7, 11) is 1.42. The Morgan fingerprint density at radius 3 is 2.19 bits per heavy atom. The first-order chi connectivity index (χ1) is 9.99. The standard InChI is InChI=1S/C18H19ClO2/c1-12-8-13(2)10-14(9-12)11-17(18(20)21-3)15-4-6-16(19)7-5-15/h4-10,17H,11H2,1-3H3. The molecule has 0 bridgehead atoms. The summed E-state index contributed by atoms with van der Waals surface area (Å²) in [5.41, 5.74) is 4.46. The zero-order valence-electron chi connectivity index (χ0n) is 12.5. The van der Waals surface area contributed by atoms with Crippen LogP contribution in [-0.2, 0) is 16.0 Å². The van der Waals surface area contributed by atoms with Crippen LogP contribution >= 0.6 is 11.6 Å². The number of esters is 1. The van der Waals surface area contributed by atoms with Gasteiger partial charge in [-0.05, 0) is 43.5 Å². The van der Waals surface area contributed by atoms with E-state index in [2.05, 4.69) is 32.0 Å². The van der Waals surface area contributed by atoms with Crippen molar-refractivity contribution in [2.45, 2.75) is 26.2 Å². The number of hydrogen-bond acceptors (Lipinski definition) is 2. The van der Waals surface area contributed by atoms with Crippen molar-refractivity contribution in [3.05, 3.63) is 69.7 Å². The molecule has 0 aliphatic rings. The maximum absolute atomic E-state index is 12.1. The van der Waals surface area contributed by atoms with Gasteiger partial charge in [0, 0.05) is 5.02 Å². The van der Waals surface area contributed by atoms with E-state index in [-0.39, 0.29) is 11.9 Å². The summed E-state index contributed by atoms with van der Waals surface area (Å²) >= 11 is 5.92.